The molecule has 140 valence electrons. The minimum Gasteiger partial charge on any atom is -0.345 e. The second-order valence-electron chi connectivity index (χ2n) is 6.96. The second kappa shape index (κ2) is 12.3. The molecule has 6 nitrogen and oxygen atoms in total. The third kappa shape index (κ3) is 9.93. The molecule has 4 N–H and O–H groups in total. The topological polar surface area (TPSA) is 101 Å². The maximum Gasteiger partial charge on any atom is 0.243 e. The highest BCUT2D eigenvalue weighted by Gasteiger charge is 2.26. The van der Waals surface area contributed by atoms with Gasteiger partial charge in [0.05, 0.1) is 12.1 Å². The fourth-order valence-corrected chi connectivity index (χ4v) is 2.79. The third-order valence-corrected chi connectivity index (χ3v) is 4.17. The molecular formula is C17H33N3O3S. The number of carbonyl (C=O) groups is 3. The number of hydrogen-bond donors (Lipinski definition) is 3. The quantitative estimate of drug-likeness (QED) is 0.456. The molecule has 0 aromatic carbocycles. The molecule has 3 unspecified atom stereocenters. The van der Waals surface area contributed by atoms with Gasteiger partial charge < -0.3 is 21.2 Å². The maximum atomic E-state index is 12.5. The number of rotatable bonds is 12. The van der Waals surface area contributed by atoms with Crippen LogP contribution in [0.3, 0.4) is 0 Å². The molecule has 0 aromatic heterocycles. The van der Waals surface area contributed by atoms with E-state index in [0.29, 0.717) is 25.2 Å². The SMILES string of the molecule is CSCCC(C=O)NC(=O)C(CC(C)C)NC(=O)C(N)CC(C)C. The maximum absolute atomic E-state index is 12.5. The summed E-state index contributed by atoms with van der Waals surface area (Å²) in [6.45, 7) is 7.94. The highest BCUT2D eigenvalue weighted by molar-refractivity contribution is 7.98. The zero-order valence-corrected chi connectivity index (χ0v) is 16.3. The Hall–Kier alpha value is -1.08. The van der Waals surface area contributed by atoms with Crippen LogP contribution in [0.5, 0.6) is 0 Å². The lowest BCUT2D eigenvalue weighted by Gasteiger charge is -2.24. The summed E-state index contributed by atoms with van der Waals surface area (Å²) < 4.78 is 0. The van der Waals surface area contributed by atoms with Crippen LogP contribution in [-0.2, 0) is 14.4 Å². The highest BCUT2D eigenvalue weighted by Crippen LogP contribution is 2.08. The number of amides is 2. The number of aldehydes is 1. The Morgan fingerprint density at radius 2 is 1.62 bits per heavy atom. The van der Waals surface area contributed by atoms with Crippen molar-refractivity contribution in [1.29, 1.82) is 0 Å². The van der Waals surface area contributed by atoms with Gasteiger partial charge in [-0.25, -0.2) is 0 Å². The summed E-state index contributed by atoms with van der Waals surface area (Å²) in [7, 11) is 0. The molecule has 0 aromatic rings. The van der Waals surface area contributed by atoms with Crippen molar-refractivity contribution >= 4 is 29.9 Å². The lowest BCUT2D eigenvalue weighted by molar-refractivity contribution is -0.131. The van der Waals surface area contributed by atoms with Gasteiger partial charge in [-0.15, -0.1) is 0 Å². The summed E-state index contributed by atoms with van der Waals surface area (Å²) in [6, 6.07) is -1.83. The van der Waals surface area contributed by atoms with Crippen molar-refractivity contribution in [3.63, 3.8) is 0 Å². The van der Waals surface area contributed by atoms with Gasteiger partial charge in [-0.1, -0.05) is 27.7 Å². The molecule has 0 aliphatic heterocycles. The van der Waals surface area contributed by atoms with Crippen molar-refractivity contribution in [2.45, 2.75) is 65.1 Å². The van der Waals surface area contributed by atoms with E-state index >= 15 is 0 Å². The van der Waals surface area contributed by atoms with Crippen molar-refractivity contribution in [2.75, 3.05) is 12.0 Å². The van der Waals surface area contributed by atoms with Crippen molar-refractivity contribution < 1.29 is 14.4 Å². The fourth-order valence-electron chi connectivity index (χ4n) is 2.30. The molecule has 0 heterocycles. The van der Waals surface area contributed by atoms with E-state index in [2.05, 4.69) is 10.6 Å². The van der Waals surface area contributed by atoms with Gasteiger partial charge in [-0.3, -0.25) is 9.59 Å². The van der Waals surface area contributed by atoms with Crippen molar-refractivity contribution in [2.24, 2.45) is 17.6 Å². The van der Waals surface area contributed by atoms with Crippen LogP contribution in [-0.4, -0.2) is 48.2 Å². The van der Waals surface area contributed by atoms with E-state index in [-0.39, 0.29) is 17.7 Å². The van der Waals surface area contributed by atoms with Crippen LogP contribution in [0.15, 0.2) is 0 Å². The van der Waals surface area contributed by atoms with Crippen LogP contribution in [0.2, 0.25) is 0 Å². The molecule has 0 rings (SSSR count). The van der Waals surface area contributed by atoms with E-state index in [1.54, 1.807) is 11.8 Å². The molecule has 0 aliphatic rings. The minimum absolute atomic E-state index is 0.225. The highest BCUT2D eigenvalue weighted by atomic mass is 32.2. The average molecular weight is 360 g/mol. The molecule has 2 amide bonds. The van der Waals surface area contributed by atoms with Crippen LogP contribution >= 0.6 is 11.8 Å². The first-order chi connectivity index (χ1) is 11.2. The normalized spacial score (nSPS) is 15.0. The van der Waals surface area contributed by atoms with E-state index in [1.165, 1.54) is 0 Å². The molecule has 0 fully saturated rings. The Bertz CT molecular complexity index is 403. The summed E-state index contributed by atoms with van der Waals surface area (Å²) in [5.74, 6) is 0.657. The zero-order chi connectivity index (χ0) is 18.7. The van der Waals surface area contributed by atoms with Crippen molar-refractivity contribution in [1.82, 2.24) is 10.6 Å². The average Bonchev–Trinajstić information content (AvgIpc) is 2.49. The molecule has 0 radical (unpaired) electrons. The van der Waals surface area contributed by atoms with Gasteiger partial charge in [0.25, 0.3) is 0 Å². The van der Waals surface area contributed by atoms with Gasteiger partial charge >= 0.3 is 0 Å². The standard InChI is InChI=1S/C17H33N3O3S/c1-11(2)8-14(18)16(22)20-15(9-12(3)4)17(23)19-13(10-21)6-7-24-5/h10-15H,6-9,18H2,1-5H3,(H,19,23)(H,20,22). The fraction of sp³-hybridized carbons (Fsp3) is 0.824. The molecule has 0 bridgehead atoms. The van der Waals surface area contributed by atoms with Crippen LogP contribution in [0.25, 0.3) is 0 Å². The number of thioether (sulfide) groups is 1. The van der Waals surface area contributed by atoms with Gasteiger partial charge in [0.15, 0.2) is 0 Å². The van der Waals surface area contributed by atoms with Crippen LogP contribution < -0.4 is 16.4 Å². The Morgan fingerprint density at radius 3 is 2.08 bits per heavy atom. The van der Waals surface area contributed by atoms with E-state index in [9.17, 15) is 14.4 Å². The molecule has 0 aliphatic carbocycles. The lowest BCUT2D eigenvalue weighted by atomic mass is 10.0. The first kappa shape index (κ1) is 22.9. The summed E-state index contributed by atoms with van der Waals surface area (Å²) in [4.78, 5) is 35.8. The van der Waals surface area contributed by atoms with Crippen molar-refractivity contribution in [3.8, 4) is 0 Å². The van der Waals surface area contributed by atoms with E-state index in [0.717, 1.165) is 12.0 Å². The molecule has 0 spiro atoms. The van der Waals surface area contributed by atoms with Crippen LogP contribution in [0.4, 0.5) is 0 Å². The molecule has 0 saturated heterocycles. The summed E-state index contributed by atoms with van der Waals surface area (Å²) in [5, 5.41) is 5.46. The van der Waals surface area contributed by atoms with Gasteiger partial charge in [0.1, 0.15) is 12.3 Å². The summed E-state index contributed by atoms with van der Waals surface area (Å²) in [6.07, 6.45) is 4.33. The Labute approximate surface area is 150 Å². The predicted octanol–water partition coefficient (Wildman–Crippen LogP) is 1.33. The Morgan fingerprint density at radius 1 is 1.04 bits per heavy atom. The smallest absolute Gasteiger partial charge is 0.243 e. The number of carbonyl (C=O) groups excluding carboxylic acids is 3. The first-order valence-corrected chi connectivity index (χ1v) is 9.91. The first-order valence-electron chi connectivity index (χ1n) is 8.51. The van der Waals surface area contributed by atoms with Crippen LogP contribution in [0.1, 0.15) is 47.0 Å². The summed E-state index contributed by atoms with van der Waals surface area (Å²) >= 11 is 1.62. The number of hydrogen-bond acceptors (Lipinski definition) is 5. The van der Waals surface area contributed by atoms with E-state index in [4.69, 9.17) is 5.73 Å². The van der Waals surface area contributed by atoms with Gasteiger partial charge in [0.2, 0.25) is 11.8 Å². The number of nitrogens with one attached hydrogen (secondary N) is 2. The monoisotopic (exact) mass is 359 g/mol. The minimum atomic E-state index is -0.674. The predicted molar refractivity (Wildman–Crippen MR) is 99.8 cm³/mol. The molecule has 0 saturated carbocycles. The summed E-state index contributed by atoms with van der Waals surface area (Å²) in [5.41, 5.74) is 5.89. The number of nitrogens with two attached hydrogens (primary N) is 1. The molecule has 3 atom stereocenters. The zero-order valence-electron chi connectivity index (χ0n) is 15.5. The molecular weight excluding hydrogens is 326 g/mol. The van der Waals surface area contributed by atoms with Crippen molar-refractivity contribution in [3.05, 3.63) is 0 Å². The van der Waals surface area contributed by atoms with Gasteiger partial charge in [-0.2, -0.15) is 11.8 Å². The van der Waals surface area contributed by atoms with Crippen LogP contribution in [0, 0.1) is 11.8 Å². The Kier molecular flexibility index (Phi) is 11.8. The largest absolute Gasteiger partial charge is 0.345 e. The molecule has 24 heavy (non-hydrogen) atoms. The van der Waals surface area contributed by atoms with E-state index in [1.807, 2.05) is 34.0 Å². The van der Waals surface area contributed by atoms with E-state index < -0.39 is 18.1 Å². The third-order valence-electron chi connectivity index (χ3n) is 3.53. The molecule has 7 heteroatoms. The Balaban J connectivity index is 4.82. The second-order valence-corrected chi connectivity index (χ2v) is 7.95. The lowest BCUT2D eigenvalue weighted by Crippen LogP contribution is -2.54. The van der Waals surface area contributed by atoms with Gasteiger partial charge in [0, 0.05) is 0 Å². The van der Waals surface area contributed by atoms with Gasteiger partial charge in [-0.05, 0) is 43.1 Å².